The van der Waals surface area contributed by atoms with Crippen LogP contribution in [-0.4, -0.2) is 173 Å². The van der Waals surface area contributed by atoms with Gasteiger partial charge in [-0.05, 0) is 63.5 Å². The van der Waals surface area contributed by atoms with Crippen molar-refractivity contribution in [1.82, 2.24) is 49.2 Å². The average Bonchev–Trinajstić information content (AvgIpc) is 1.55. The van der Waals surface area contributed by atoms with Crippen LogP contribution in [0.2, 0.25) is 0 Å². The van der Waals surface area contributed by atoms with E-state index in [1.807, 2.05) is 6.92 Å². The SMILES string of the molecule is CCCCCCCCCCCCN1C(=O)C(=c2[nH]c(=C3C(=O)N(CCCCCCCCCCCC)C(=O)N(CCCCCCCCCCCC)C3=O)c3cc4/c(=C5/C(=O)N(CCCC)C(=O)N(CCCCCCCCCCCC)C5=O)[nH]c(=C5C(=O)N(CCCCCCCCCCCC)C(=O)N(CCCCCCCCCCCC)C5=O)c4cc23)C(=O)N(CCCCCCCCCCCC)C1=O. The monoisotopic (exact) mass is 1890 g/mol. The lowest BCUT2D eigenvalue weighted by molar-refractivity contribution is -0.134. The number of amides is 16. The highest BCUT2D eigenvalue weighted by atomic mass is 16.2. The summed E-state index contributed by atoms with van der Waals surface area (Å²) in [4.78, 5) is 207. The molecule has 0 spiro atoms. The molecule has 22 heteroatoms. The minimum Gasteiger partial charge on any atom is -0.353 e. The Balaban J connectivity index is 1.59. The minimum absolute atomic E-state index is 0.0278. The summed E-state index contributed by atoms with van der Waals surface area (Å²) in [5.74, 6) is -7.33. The number of aromatic amines is 2. The van der Waals surface area contributed by atoms with Gasteiger partial charge < -0.3 is 9.97 Å². The predicted molar refractivity (Wildman–Crippen MR) is 555 cm³/mol. The molecule has 0 unspecified atom stereocenters. The Morgan fingerprint density at radius 3 is 0.368 bits per heavy atom. The van der Waals surface area contributed by atoms with Crippen LogP contribution in [0.1, 0.15) is 518 Å². The van der Waals surface area contributed by atoms with E-state index in [0.717, 1.165) is 309 Å². The van der Waals surface area contributed by atoms with Crippen molar-refractivity contribution in [2.24, 2.45) is 0 Å². The molecule has 3 aromatic rings. The van der Waals surface area contributed by atoms with E-state index in [9.17, 15) is 0 Å². The first-order valence-corrected chi connectivity index (χ1v) is 56.9. The first-order chi connectivity index (χ1) is 66.5. The summed E-state index contributed by atoms with van der Waals surface area (Å²) in [6.45, 7) is 17.1. The molecule has 4 aliphatic rings. The number of hydrogen-bond acceptors (Lipinski definition) is 12. The van der Waals surface area contributed by atoms with Gasteiger partial charge in [0.2, 0.25) is 0 Å². The Bertz CT molecular complexity index is 4260. The Morgan fingerprint density at radius 1 is 0.147 bits per heavy atom. The van der Waals surface area contributed by atoms with Crippen LogP contribution in [0.3, 0.4) is 0 Å². The Labute approximate surface area is 820 Å². The molecule has 16 amide bonds. The molecule has 2 aromatic heterocycles. The number of hydrogen-bond donors (Lipinski definition) is 2. The van der Waals surface area contributed by atoms with Crippen molar-refractivity contribution >= 4 is 115 Å². The number of rotatable bonds is 80. The lowest BCUT2D eigenvalue weighted by atomic mass is 10.00. The highest BCUT2D eigenvalue weighted by Gasteiger charge is 2.48. The molecule has 7 rings (SSSR count). The third-order valence-corrected chi connectivity index (χ3v) is 29.1. The van der Waals surface area contributed by atoms with Gasteiger partial charge in [-0.25, -0.2) is 19.2 Å². The highest BCUT2D eigenvalue weighted by Crippen LogP contribution is 2.31. The van der Waals surface area contributed by atoms with Crippen molar-refractivity contribution in [2.75, 3.05) is 52.4 Å². The largest absolute Gasteiger partial charge is 0.353 e. The first-order valence-electron chi connectivity index (χ1n) is 56.9. The summed E-state index contributed by atoms with van der Waals surface area (Å²) >= 11 is 0. The normalized spacial score (nSPS) is 15.5. The molecule has 0 aliphatic carbocycles. The number of fused-ring (bicyclic) bond motifs is 2. The summed E-state index contributed by atoms with van der Waals surface area (Å²) in [5, 5.41) is -0.594. The van der Waals surface area contributed by atoms with Crippen LogP contribution in [0.15, 0.2) is 12.1 Å². The molecule has 2 N–H and O–H groups in total. The third-order valence-electron chi connectivity index (χ3n) is 29.1. The summed E-state index contributed by atoms with van der Waals surface area (Å²) in [5.41, 5.74) is -1.86. The standard InChI is InChI=1S/C114H188N10O12/c1-9-17-25-32-39-46-53-60-67-74-82-118-104(126)95(103(125)117(111(118)133)81-24-16-8)99-91-89-93-94(90-92(91)100(115-99)96-105(127)119(83-75-68-61-54-47-40-33-26-18-10-2)112(134)120(106(96)128)84-76-69-62-55-48-41-34-27-19-11-3)102(98-109(131)123(87-79-72-65-58-51-44-37-30-22-14-6)114(136)124(110(98)132)88-80-73-66-59-52-45-38-31-23-15-7)116-101(93)97-107(129)121(85-77-70-63-56-49-42-35-28-20-12-4)113(135)122(108(97)130)86-78-71-64-57-50-43-36-29-21-13-5/h89-90,115-116H,9-88H2,1-8H3/b99-95+. The second-order valence-corrected chi connectivity index (χ2v) is 40.6. The quantitative estimate of drug-likeness (QED) is 0.0500. The van der Waals surface area contributed by atoms with Crippen molar-refractivity contribution in [3.63, 3.8) is 0 Å². The van der Waals surface area contributed by atoms with Gasteiger partial charge in [0.25, 0.3) is 47.3 Å². The summed E-state index contributed by atoms with van der Waals surface area (Å²) < 4.78 is 0. The van der Waals surface area contributed by atoms with Crippen molar-refractivity contribution < 1.29 is 57.5 Å². The molecule has 0 saturated carbocycles. The van der Waals surface area contributed by atoms with Crippen LogP contribution in [-0.2, 0) is 38.4 Å². The molecule has 136 heavy (non-hydrogen) atoms. The van der Waals surface area contributed by atoms with E-state index in [0.29, 0.717) is 103 Å². The van der Waals surface area contributed by atoms with Gasteiger partial charge >= 0.3 is 24.1 Å². The number of aromatic nitrogens is 2. The van der Waals surface area contributed by atoms with E-state index in [4.69, 9.17) is 0 Å². The predicted octanol–water partition coefficient (Wildman–Crippen LogP) is 26.7. The molecule has 0 radical (unpaired) electrons. The molecule has 4 fully saturated rings. The zero-order valence-electron chi connectivity index (χ0n) is 87.2. The second-order valence-electron chi connectivity index (χ2n) is 40.6. The number of unbranched alkanes of at least 4 members (excludes halogenated alkanes) is 64. The maximum absolute atomic E-state index is 16.3. The fraction of sp³-hybridized carbons (Fsp3) is 0.772. The number of nitrogens with one attached hydrogen (secondary N) is 2. The third kappa shape index (κ3) is 36.7. The fourth-order valence-corrected chi connectivity index (χ4v) is 20.5. The number of carbonyl (C=O) groups excluding carboxylic acids is 12. The number of H-pyrrole nitrogens is 2. The molecule has 1 aromatic carbocycles. The lowest BCUT2D eigenvalue weighted by Crippen LogP contribution is -2.58. The fourth-order valence-electron chi connectivity index (χ4n) is 20.5. The molecule has 0 atom stereocenters. The van der Waals surface area contributed by atoms with Crippen LogP contribution < -0.4 is 21.4 Å². The zero-order chi connectivity index (χ0) is 97.9. The van der Waals surface area contributed by atoms with E-state index in [1.165, 1.54) is 89.9 Å². The zero-order valence-corrected chi connectivity index (χ0v) is 87.2. The van der Waals surface area contributed by atoms with Gasteiger partial charge in [-0.15, -0.1) is 0 Å². The number of imide groups is 8. The smallest absolute Gasteiger partial charge is 0.333 e. The van der Waals surface area contributed by atoms with Gasteiger partial charge in [0.05, 0.1) is 21.4 Å². The topological polar surface area (TPSA) is 262 Å². The minimum atomic E-state index is -0.932. The molecule has 4 aliphatic heterocycles. The summed E-state index contributed by atoms with van der Waals surface area (Å²) in [7, 11) is 0. The van der Waals surface area contributed by atoms with E-state index in [-0.39, 0.29) is 95.3 Å². The number of nitrogens with zero attached hydrogens (tertiary/aromatic N) is 8. The summed E-state index contributed by atoms with van der Waals surface area (Å²) in [6, 6.07) is 0.0814. The maximum atomic E-state index is 16.3. The van der Waals surface area contributed by atoms with Gasteiger partial charge in [-0.2, -0.15) is 0 Å². The molecule has 0 bridgehead atoms. The number of carbonyl (C=O) groups is 12. The van der Waals surface area contributed by atoms with E-state index >= 15 is 57.5 Å². The van der Waals surface area contributed by atoms with Gasteiger partial charge in [0, 0.05) is 73.9 Å². The van der Waals surface area contributed by atoms with Crippen molar-refractivity contribution in [2.45, 2.75) is 518 Å². The Morgan fingerprint density at radius 2 is 0.250 bits per heavy atom. The van der Waals surface area contributed by atoms with Crippen LogP contribution in [0.4, 0.5) is 19.2 Å². The Kier molecular flexibility index (Phi) is 57.9. The van der Waals surface area contributed by atoms with Crippen LogP contribution in [0.5, 0.6) is 0 Å². The van der Waals surface area contributed by atoms with Crippen LogP contribution in [0, 0.1) is 0 Å². The average molecular weight is 1890 g/mol. The van der Waals surface area contributed by atoms with Crippen LogP contribution >= 0.6 is 0 Å². The maximum Gasteiger partial charge on any atom is 0.333 e. The van der Waals surface area contributed by atoms with Gasteiger partial charge in [0.15, 0.2) is 0 Å². The van der Waals surface area contributed by atoms with Crippen molar-refractivity contribution in [3.8, 4) is 0 Å². The van der Waals surface area contributed by atoms with E-state index < -0.39 is 93.7 Å². The first kappa shape index (κ1) is 115. The molecular weight excluding hydrogens is 1700 g/mol. The molecular formula is C114H188N10O12. The van der Waals surface area contributed by atoms with Gasteiger partial charge in [-0.1, -0.05) is 466 Å². The Hall–Kier alpha value is -7.78. The summed E-state index contributed by atoms with van der Waals surface area (Å²) in [6.07, 6.45) is 70.2. The molecule has 22 nitrogen and oxygen atoms in total. The lowest BCUT2D eigenvalue weighted by Gasteiger charge is -2.34. The van der Waals surface area contributed by atoms with E-state index in [1.54, 1.807) is 12.1 Å². The molecule has 766 valence electrons. The van der Waals surface area contributed by atoms with Crippen molar-refractivity contribution in [1.29, 1.82) is 0 Å². The second kappa shape index (κ2) is 68.3. The van der Waals surface area contributed by atoms with Crippen LogP contribution in [0.25, 0.3) is 43.8 Å². The number of benzene rings is 1. The highest BCUT2D eigenvalue weighted by molar-refractivity contribution is 6.49. The molecule has 6 heterocycles. The van der Waals surface area contributed by atoms with Gasteiger partial charge in [-0.3, -0.25) is 77.6 Å². The number of barbiturate groups is 4. The number of urea groups is 4. The van der Waals surface area contributed by atoms with Crippen molar-refractivity contribution in [3.05, 3.63) is 33.5 Å². The van der Waals surface area contributed by atoms with E-state index in [2.05, 4.69) is 58.4 Å². The molecule has 4 saturated heterocycles. The van der Waals surface area contributed by atoms with Gasteiger partial charge in [0.1, 0.15) is 22.3 Å².